The fourth-order valence-corrected chi connectivity index (χ4v) is 4.25. The Hall–Kier alpha value is -3.53. The van der Waals surface area contributed by atoms with Crippen LogP contribution in [0.5, 0.6) is 11.5 Å². The zero-order valence-corrected chi connectivity index (χ0v) is 18.2. The summed E-state index contributed by atoms with van der Waals surface area (Å²) >= 11 is 1.47. The summed E-state index contributed by atoms with van der Waals surface area (Å²) in [7, 11) is 0. The van der Waals surface area contributed by atoms with E-state index in [2.05, 4.69) is 32.9 Å². The van der Waals surface area contributed by atoms with Gasteiger partial charge < -0.3 is 15.4 Å². The first-order chi connectivity index (χ1) is 15.6. The Morgan fingerprint density at radius 2 is 2.16 bits per heavy atom. The number of aromatic nitrogens is 4. The fourth-order valence-electron chi connectivity index (χ4n) is 3.23. The molecule has 1 fully saturated rings. The van der Waals surface area contributed by atoms with Crippen LogP contribution in [0, 0.1) is 5.82 Å². The molecule has 1 saturated carbocycles. The topological polar surface area (TPSA) is 94.0 Å². The maximum absolute atomic E-state index is 14.7. The third kappa shape index (κ3) is 4.40. The molecular formula is C22H21FN6O2S. The number of hydrogen-bond donors (Lipinski definition) is 2. The SMILES string of the molecule is CCCn1cc(-c2cc3nccc(Oc4ccc(NC(=O)NC5CC5)cc4F)c3s2)nn1. The number of amides is 2. The monoisotopic (exact) mass is 452 g/mol. The highest BCUT2D eigenvalue weighted by molar-refractivity contribution is 7.22. The molecule has 3 heterocycles. The molecule has 0 unspecified atom stereocenters. The van der Waals surface area contributed by atoms with Gasteiger partial charge in [-0.15, -0.1) is 16.4 Å². The second kappa shape index (κ2) is 8.54. The van der Waals surface area contributed by atoms with Gasteiger partial charge in [-0.2, -0.15) is 0 Å². The molecule has 3 aromatic heterocycles. The zero-order chi connectivity index (χ0) is 22.1. The first-order valence-electron chi connectivity index (χ1n) is 10.4. The molecule has 1 aliphatic rings. The van der Waals surface area contributed by atoms with Gasteiger partial charge in [0, 0.05) is 36.6 Å². The average molecular weight is 453 g/mol. The Morgan fingerprint density at radius 3 is 2.94 bits per heavy atom. The van der Waals surface area contributed by atoms with Gasteiger partial charge in [-0.3, -0.25) is 9.67 Å². The van der Waals surface area contributed by atoms with Crippen LogP contribution in [-0.4, -0.2) is 32.1 Å². The number of hydrogen-bond acceptors (Lipinski definition) is 6. The Labute approximate surface area is 187 Å². The predicted molar refractivity (Wildman–Crippen MR) is 121 cm³/mol. The van der Waals surface area contributed by atoms with E-state index >= 15 is 0 Å². The van der Waals surface area contributed by atoms with Crippen molar-refractivity contribution < 1.29 is 13.9 Å². The molecule has 5 rings (SSSR count). The highest BCUT2D eigenvalue weighted by atomic mass is 32.1. The van der Waals surface area contributed by atoms with Gasteiger partial charge in [-0.25, -0.2) is 9.18 Å². The maximum Gasteiger partial charge on any atom is 0.319 e. The molecule has 10 heteroatoms. The van der Waals surface area contributed by atoms with E-state index in [1.807, 2.05) is 12.3 Å². The number of anilines is 1. The van der Waals surface area contributed by atoms with Crippen LogP contribution in [0.1, 0.15) is 26.2 Å². The van der Waals surface area contributed by atoms with Gasteiger partial charge in [0.25, 0.3) is 0 Å². The molecule has 4 aromatic rings. The minimum Gasteiger partial charge on any atom is -0.453 e. The normalized spacial score (nSPS) is 13.3. The van der Waals surface area contributed by atoms with Gasteiger partial charge in [0.15, 0.2) is 11.6 Å². The molecule has 0 aliphatic heterocycles. The van der Waals surface area contributed by atoms with Gasteiger partial charge in [0.05, 0.1) is 21.3 Å². The Balaban J connectivity index is 1.36. The summed E-state index contributed by atoms with van der Waals surface area (Å²) in [5.41, 5.74) is 1.86. The van der Waals surface area contributed by atoms with Crippen LogP contribution in [0.4, 0.5) is 14.9 Å². The van der Waals surface area contributed by atoms with Crippen molar-refractivity contribution in [1.82, 2.24) is 25.3 Å². The van der Waals surface area contributed by atoms with Crippen LogP contribution in [-0.2, 0) is 6.54 Å². The van der Waals surface area contributed by atoms with Gasteiger partial charge in [0.2, 0.25) is 0 Å². The summed E-state index contributed by atoms with van der Waals surface area (Å²) in [6.45, 7) is 2.88. The largest absolute Gasteiger partial charge is 0.453 e. The summed E-state index contributed by atoms with van der Waals surface area (Å²) in [6.07, 6.45) is 6.46. The lowest BCUT2D eigenvalue weighted by molar-refractivity contribution is 0.251. The summed E-state index contributed by atoms with van der Waals surface area (Å²) in [4.78, 5) is 17.2. The number of ether oxygens (including phenoxy) is 1. The molecule has 0 spiro atoms. The third-order valence-corrected chi connectivity index (χ3v) is 6.10. The standard InChI is InChI=1S/C22H21FN6O2S/c1-2-9-29-12-17(27-28-29)20-11-16-21(32-20)19(7-8-24-16)31-18-6-5-14(10-15(18)23)26-22(30)25-13-3-4-13/h5-8,10-13H,2-4,9H2,1H3,(H2,25,26,30). The minimum absolute atomic E-state index is 0.0643. The number of urea groups is 1. The van der Waals surface area contributed by atoms with Crippen LogP contribution in [0.3, 0.4) is 0 Å². The molecule has 32 heavy (non-hydrogen) atoms. The van der Waals surface area contributed by atoms with E-state index in [-0.39, 0.29) is 17.8 Å². The summed E-state index contributed by atoms with van der Waals surface area (Å²) in [5, 5.41) is 13.8. The predicted octanol–water partition coefficient (Wildman–Crippen LogP) is 5.18. The minimum atomic E-state index is -0.571. The molecule has 1 aliphatic carbocycles. The molecule has 2 amide bonds. The Bertz CT molecular complexity index is 1280. The molecular weight excluding hydrogens is 431 g/mol. The van der Waals surface area contributed by atoms with Crippen LogP contribution in [0.25, 0.3) is 20.8 Å². The van der Waals surface area contributed by atoms with Gasteiger partial charge in [-0.1, -0.05) is 12.1 Å². The molecule has 1 aromatic carbocycles. The molecule has 8 nitrogen and oxygen atoms in total. The molecule has 0 saturated heterocycles. The number of carbonyl (C=O) groups excluding carboxylic acids is 1. The quantitative estimate of drug-likeness (QED) is 0.403. The van der Waals surface area contributed by atoms with E-state index in [1.165, 1.54) is 23.5 Å². The van der Waals surface area contributed by atoms with Crippen molar-refractivity contribution in [2.24, 2.45) is 0 Å². The van der Waals surface area contributed by atoms with Crippen molar-refractivity contribution >= 4 is 33.3 Å². The molecule has 0 radical (unpaired) electrons. The van der Waals surface area contributed by atoms with Crippen molar-refractivity contribution in [3.8, 4) is 22.1 Å². The number of pyridine rings is 1. The van der Waals surface area contributed by atoms with Gasteiger partial charge in [-0.05, 0) is 37.5 Å². The third-order valence-electron chi connectivity index (χ3n) is 4.94. The Morgan fingerprint density at radius 1 is 1.28 bits per heavy atom. The highest BCUT2D eigenvalue weighted by Crippen LogP contribution is 2.39. The average Bonchev–Trinajstić information content (AvgIpc) is 3.27. The van der Waals surface area contributed by atoms with Crippen LogP contribution in [0.2, 0.25) is 0 Å². The van der Waals surface area contributed by atoms with Crippen molar-refractivity contribution in [3.05, 3.63) is 48.5 Å². The molecule has 0 bridgehead atoms. The lowest BCUT2D eigenvalue weighted by Crippen LogP contribution is -2.30. The number of aryl methyl sites for hydroxylation is 1. The van der Waals surface area contributed by atoms with Crippen molar-refractivity contribution in [1.29, 1.82) is 0 Å². The number of rotatable bonds is 7. The van der Waals surface area contributed by atoms with Crippen molar-refractivity contribution in [2.45, 2.75) is 38.8 Å². The summed E-state index contributed by atoms with van der Waals surface area (Å²) in [6, 6.07) is 7.86. The molecule has 0 atom stereocenters. The van der Waals surface area contributed by atoms with E-state index < -0.39 is 5.82 Å². The maximum atomic E-state index is 14.7. The number of thiophene rings is 1. The number of carbonyl (C=O) groups is 1. The smallest absolute Gasteiger partial charge is 0.319 e. The highest BCUT2D eigenvalue weighted by Gasteiger charge is 2.23. The Kier molecular flexibility index (Phi) is 5.44. The van der Waals surface area contributed by atoms with E-state index in [9.17, 15) is 9.18 Å². The number of benzene rings is 1. The van der Waals surface area contributed by atoms with Crippen molar-refractivity contribution in [2.75, 3.05) is 5.32 Å². The second-order valence-corrected chi connectivity index (χ2v) is 8.67. The summed E-state index contributed by atoms with van der Waals surface area (Å²) in [5.74, 6) is -0.00810. The van der Waals surface area contributed by atoms with Crippen molar-refractivity contribution in [3.63, 3.8) is 0 Å². The van der Waals surface area contributed by atoms with Crippen LogP contribution < -0.4 is 15.4 Å². The number of halogens is 1. The second-order valence-electron chi connectivity index (χ2n) is 7.62. The van der Waals surface area contributed by atoms with E-state index in [4.69, 9.17) is 4.74 Å². The zero-order valence-electron chi connectivity index (χ0n) is 17.3. The van der Waals surface area contributed by atoms with E-state index in [0.717, 1.165) is 46.6 Å². The first kappa shape index (κ1) is 20.4. The van der Waals surface area contributed by atoms with Crippen LogP contribution in [0.15, 0.2) is 42.7 Å². The van der Waals surface area contributed by atoms with Gasteiger partial charge in [0.1, 0.15) is 11.4 Å². The number of nitrogens with one attached hydrogen (secondary N) is 2. The van der Waals surface area contributed by atoms with E-state index in [1.54, 1.807) is 23.0 Å². The number of fused-ring (bicyclic) bond motifs is 1. The fraction of sp³-hybridized carbons (Fsp3) is 0.273. The number of nitrogens with zero attached hydrogens (tertiary/aromatic N) is 4. The molecule has 2 N–H and O–H groups in total. The van der Waals surface area contributed by atoms with E-state index in [0.29, 0.717) is 11.4 Å². The molecule has 164 valence electrons. The lowest BCUT2D eigenvalue weighted by Gasteiger charge is -2.10. The first-order valence-corrected chi connectivity index (χ1v) is 11.2. The van der Waals surface area contributed by atoms with Crippen LogP contribution >= 0.6 is 11.3 Å². The lowest BCUT2D eigenvalue weighted by atomic mass is 10.3. The summed E-state index contributed by atoms with van der Waals surface area (Å²) < 4.78 is 23.1. The van der Waals surface area contributed by atoms with Gasteiger partial charge >= 0.3 is 6.03 Å².